The lowest BCUT2D eigenvalue weighted by molar-refractivity contribution is -0.139. The van der Waals surface area contributed by atoms with Gasteiger partial charge in [0.05, 0.1) is 0 Å². The van der Waals surface area contributed by atoms with Crippen LogP contribution in [0.15, 0.2) is 0 Å². The SMILES string of the molecule is CSC1CCCC(NC(=O)NC(C(=O)O)C2CC2)C1. The maximum atomic E-state index is 11.9. The molecule has 6 heteroatoms. The van der Waals surface area contributed by atoms with E-state index in [9.17, 15) is 9.59 Å². The van der Waals surface area contributed by atoms with E-state index in [4.69, 9.17) is 5.11 Å². The summed E-state index contributed by atoms with van der Waals surface area (Å²) in [5, 5.41) is 15.2. The number of carboxylic acid groups (broad SMARTS) is 1. The lowest BCUT2D eigenvalue weighted by Crippen LogP contribution is -2.50. The normalized spacial score (nSPS) is 28.5. The summed E-state index contributed by atoms with van der Waals surface area (Å²) in [6, 6.07) is -0.870. The predicted molar refractivity (Wildman–Crippen MR) is 75.4 cm³/mol. The molecule has 2 saturated carbocycles. The number of aliphatic carboxylic acids is 1. The standard InChI is InChI=1S/C13H22N2O3S/c1-19-10-4-2-3-9(7-10)14-13(18)15-11(12(16)17)8-5-6-8/h8-11H,2-7H2,1H3,(H,16,17)(H2,14,15,18). The molecule has 0 aromatic heterocycles. The highest BCUT2D eigenvalue weighted by Gasteiger charge is 2.37. The fraction of sp³-hybridized carbons (Fsp3) is 0.846. The number of carbonyl (C=O) groups excluding carboxylic acids is 1. The van der Waals surface area contributed by atoms with Crippen LogP contribution in [0.3, 0.4) is 0 Å². The summed E-state index contributed by atoms with van der Waals surface area (Å²) in [7, 11) is 0. The summed E-state index contributed by atoms with van der Waals surface area (Å²) >= 11 is 1.84. The smallest absolute Gasteiger partial charge is 0.326 e. The second-order valence-corrected chi connectivity index (χ2v) is 6.63. The molecular formula is C13H22N2O3S. The van der Waals surface area contributed by atoms with Crippen LogP contribution < -0.4 is 10.6 Å². The molecule has 108 valence electrons. The summed E-state index contributed by atoms with van der Waals surface area (Å²) < 4.78 is 0. The van der Waals surface area contributed by atoms with Gasteiger partial charge in [0.15, 0.2) is 0 Å². The Morgan fingerprint density at radius 1 is 1.26 bits per heavy atom. The molecule has 0 bridgehead atoms. The summed E-state index contributed by atoms with van der Waals surface area (Å²) in [5.41, 5.74) is 0. The molecule has 0 heterocycles. The number of rotatable bonds is 5. The zero-order chi connectivity index (χ0) is 13.8. The number of thioether (sulfide) groups is 1. The molecule has 5 nitrogen and oxygen atoms in total. The van der Waals surface area contributed by atoms with Gasteiger partial charge in [-0.25, -0.2) is 9.59 Å². The average Bonchev–Trinajstić information content (AvgIpc) is 3.20. The molecule has 0 aliphatic heterocycles. The largest absolute Gasteiger partial charge is 0.480 e. The van der Waals surface area contributed by atoms with Crippen molar-refractivity contribution in [3.05, 3.63) is 0 Å². The lowest BCUT2D eigenvalue weighted by atomic mass is 9.95. The van der Waals surface area contributed by atoms with E-state index >= 15 is 0 Å². The van der Waals surface area contributed by atoms with Gasteiger partial charge in [0.1, 0.15) is 6.04 Å². The third-order valence-corrected chi connectivity index (χ3v) is 5.04. The molecule has 3 atom stereocenters. The molecule has 3 N–H and O–H groups in total. The van der Waals surface area contributed by atoms with E-state index in [0.717, 1.165) is 32.1 Å². The van der Waals surface area contributed by atoms with Crippen LogP contribution >= 0.6 is 11.8 Å². The van der Waals surface area contributed by atoms with Gasteiger partial charge in [-0.3, -0.25) is 0 Å². The van der Waals surface area contributed by atoms with Crippen molar-refractivity contribution in [3.8, 4) is 0 Å². The van der Waals surface area contributed by atoms with Crippen LogP contribution in [0.2, 0.25) is 0 Å². The van der Waals surface area contributed by atoms with Crippen LogP contribution in [-0.4, -0.2) is 40.7 Å². The fourth-order valence-corrected chi connectivity index (χ4v) is 3.50. The molecule has 2 amide bonds. The van der Waals surface area contributed by atoms with Gasteiger partial charge in [-0.2, -0.15) is 11.8 Å². The first-order valence-electron chi connectivity index (χ1n) is 6.92. The highest BCUT2D eigenvalue weighted by atomic mass is 32.2. The van der Waals surface area contributed by atoms with Crippen molar-refractivity contribution in [3.63, 3.8) is 0 Å². The first-order chi connectivity index (χ1) is 9.10. The van der Waals surface area contributed by atoms with Crippen molar-refractivity contribution in [1.29, 1.82) is 0 Å². The Kier molecular flexibility index (Phi) is 4.96. The highest BCUT2D eigenvalue weighted by Crippen LogP contribution is 2.32. The molecular weight excluding hydrogens is 264 g/mol. The Bertz CT molecular complexity index is 347. The topological polar surface area (TPSA) is 78.4 Å². The molecule has 2 fully saturated rings. The van der Waals surface area contributed by atoms with Crippen LogP contribution in [0.25, 0.3) is 0 Å². The highest BCUT2D eigenvalue weighted by molar-refractivity contribution is 7.99. The molecule has 3 unspecified atom stereocenters. The van der Waals surface area contributed by atoms with Crippen molar-refractivity contribution in [2.75, 3.05) is 6.26 Å². The van der Waals surface area contributed by atoms with E-state index in [0.29, 0.717) is 5.25 Å². The second-order valence-electron chi connectivity index (χ2n) is 5.49. The number of carbonyl (C=O) groups is 2. The maximum absolute atomic E-state index is 11.9. The molecule has 0 radical (unpaired) electrons. The first kappa shape index (κ1) is 14.5. The predicted octanol–water partition coefficient (Wildman–Crippen LogP) is 1.82. The Labute approximate surface area is 117 Å². The third kappa shape index (κ3) is 4.30. The van der Waals surface area contributed by atoms with Crippen LogP contribution in [-0.2, 0) is 4.79 Å². The number of amides is 2. The Morgan fingerprint density at radius 2 is 2.00 bits per heavy atom. The second kappa shape index (κ2) is 6.50. The molecule has 0 aromatic rings. The number of nitrogens with one attached hydrogen (secondary N) is 2. The number of urea groups is 1. The monoisotopic (exact) mass is 286 g/mol. The Balaban J connectivity index is 1.78. The van der Waals surface area contributed by atoms with Gasteiger partial charge in [0.25, 0.3) is 0 Å². The van der Waals surface area contributed by atoms with Gasteiger partial charge in [0, 0.05) is 11.3 Å². The number of carboxylic acids is 1. The minimum atomic E-state index is -0.928. The van der Waals surface area contributed by atoms with Gasteiger partial charge < -0.3 is 15.7 Å². The molecule has 2 aliphatic carbocycles. The minimum Gasteiger partial charge on any atom is -0.480 e. The van der Waals surface area contributed by atoms with E-state index in [2.05, 4.69) is 16.9 Å². The van der Waals surface area contributed by atoms with Gasteiger partial charge in [-0.1, -0.05) is 6.42 Å². The minimum absolute atomic E-state index is 0.119. The lowest BCUT2D eigenvalue weighted by Gasteiger charge is -2.29. The van der Waals surface area contributed by atoms with Crippen LogP contribution in [0.5, 0.6) is 0 Å². The van der Waals surface area contributed by atoms with Gasteiger partial charge in [-0.05, 0) is 44.3 Å². The Morgan fingerprint density at radius 3 is 2.58 bits per heavy atom. The van der Waals surface area contributed by atoms with Crippen molar-refractivity contribution in [1.82, 2.24) is 10.6 Å². The van der Waals surface area contributed by atoms with Crippen LogP contribution in [0, 0.1) is 5.92 Å². The molecule has 19 heavy (non-hydrogen) atoms. The zero-order valence-corrected chi connectivity index (χ0v) is 12.0. The first-order valence-corrected chi connectivity index (χ1v) is 8.21. The summed E-state index contributed by atoms with van der Waals surface area (Å²) in [6.07, 6.45) is 8.20. The summed E-state index contributed by atoms with van der Waals surface area (Å²) in [5.74, 6) is -0.808. The van der Waals surface area contributed by atoms with Crippen LogP contribution in [0.4, 0.5) is 4.79 Å². The van der Waals surface area contributed by atoms with E-state index in [1.165, 1.54) is 6.42 Å². The quantitative estimate of drug-likeness (QED) is 0.720. The summed E-state index contributed by atoms with van der Waals surface area (Å²) in [6.45, 7) is 0. The molecule has 0 spiro atoms. The third-order valence-electron chi connectivity index (χ3n) is 3.94. The van der Waals surface area contributed by atoms with Gasteiger partial charge >= 0.3 is 12.0 Å². The number of hydrogen-bond acceptors (Lipinski definition) is 3. The van der Waals surface area contributed by atoms with E-state index in [1.54, 1.807) is 0 Å². The molecule has 2 aliphatic rings. The van der Waals surface area contributed by atoms with Crippen molar-refractivity contribution in [2.45, 2.75) is 55.9 Å². The number of hydrogen-bond donors (Lipinski definition) is 3. The molecule has 0 aromatic carbocycles. The van der Waals surface area contributed by atoms with E-state index in [-0.39, 0.29) is 18.0 Å². The van der Waals surface area contributed by atoms with Crippen LogP contribution in [0.1, 0.15) is 38.5 Å². The Hall–Kier alpha value is -0.910. The summed E-state index contributed by atoms with van der Waals surface area (Å²) in [4.78, 5) is 22.9. The van der Waals surface area contributed by atoms with Crippen molar-refractivity contribution in [2.24, 2.45) is 5.92 Å². The molecule has 2 rings (SSSR count). The van der Waals surface area contributed by atoms with Gasteiger partial charge in [-0.15, -0.1) is 0 Å². The molecule has 0 saturated heterocycles. The van der Waals surface area contributed by atoms with Crippen molar-refractivity contribution >= 4 is 23.8 Å². The fourth-order valence-electron chi connectivity index (χ4n) is 2.67. The van der Waals surface area contributed by atoms with Crippen molar-refractivity contribution < 1.29 is 14.7 Å². The average molecular weight is 286 g/mol. The van der Waals surface area contributed by atoms with Gasteiger partial charge in [0.2, 0.25) is 0 Å². The van der Waals surface area contributed by atoms with E-state index in [1.807, 2.05) is 11.8 Å². The van der Waals surface area contributed by atoms with E-state index < -0.39 is 12.0 Å². The maximum Gasteiger partial charge on any atom is 0.326 e. The zero-order valence-electron chi connectivity index (χ0n) is 11.2.